The number of nitrogens with one attached hydrogen (secondary N) is 1. The van der Waals surface area contributed by atoms with E-state index in [4.69, 9.17) is 14.2 Å². The summed E-state index contributed by atoms with van der Waals surface area (Å²) in [6, 6.07) is 5.34. The van der Waals surface area contributed by atoms with Crippen LogP contribution in [0.5, 0.6) is 0 Å². The zero-order valence-electron chi connectivity index (χ0n) is 19.8. The molecule has 0 aliphatic rings. The molecule has 0 spiro atoms. The first-order valence-electron chi connectivity index (χ1n) is 10.4. The van der Waals surface area contributed by atoms with Crippen molar-refractivity contribution in [3.63, 3.8) is 0 Å². The van der Waals surface area contributed by atoms with Gasteiger partial charge in [-0.05, 0) is 59.1 Å². The number of rotatable bonds is 10. The lowest BCUT2D eigenvalue weighted by Crippen LogP contribution is -2.44. The van der Waals surface area contributed by atoms with E-state index >= 15 is 0 Å². The molecule has 1 aromatic carbocycles. The van der Waals surface area contributed by atoms with Crippen molar-refractivity contribution >= 4 is 18.0 Å². The van der Waals surface area contributed by atoms with Gasteiger partial charge in [0.05, 0.1) is 0 Å². The number of ether oxygens (including phenoxy) is 3. The maximum atomic E-state index is 12.6. The van der Waals surface area contributed by atoms with E-state index in [2.05, 4.69) is 10.2 Å². The molecule has 1 amide bonds. The molecule has 1 aromatic rings. The molecular weight excluding hydrogens is 436 g/mol. The van der Waals surface area contributed by atoms with Crippen molar-refractivity contribution in [2.24, 2.45) is 0 Å². The zero-order chi connectivity index (χ0) is 25.2. The van der Waals surface area contributed by atoms with Gasteiger partial charge < -0.3 is 24.4 Å². The fourth-order valence-corrected chi connectivity index (χ4v) is 2.47. The van der Waals surface area contributed by atoms with Crippen LogP contribution in [0.3, 0.4) is 0 Å². The van der Waals surface area contributed by atoms with Gasteiger partial charge in [-0.1, -0.05) is 24.3 Å². The molecule has 11 heteroatoms. The van der Waals surface area contributed by atoms with Crippen LogP contribution in [0.4, 0.5) is 4.79 Å². The van der Waals surface area contributed by atoms with E-state index in [0.717, 1.165) is 0 Å². The monoisotopic (exact) mass is 468 g/mol. The minimum absolute atomic E-state index is 0.0375. The third kappa shape index (κ3) is 12.9. The average molecular weight is 469 g/mol. The molecule has 184 valence electrons. The second-order valence-corrected chi connectivity index (χ2v) is 9.25. The number of amides is 1. The summed E-state index contributed by atoms with van der Waals surface area (Å²) < 4.78 is 15.7. The first kappa shape index (κ1) is 27.7. The minimum atomic E-state index is -1.12. The number of esters is 2. The molecule has 0 unspecified atom stereocenters. The van der Waals surface area contributed by atoms with Crippen LogP contribution in [-0.2, 0) is 41.9 Å². The highest BCUT2D eigenvalue weighted by Crippen LogP contribution is 2.13. The molecule has 0 bridgehead atoms. The highest BCUT2D eigenvalue weighted by Gasteiger charge is 2.27. The summed E-state index contributed by atoms with van der Waals surface area (Å²) in [5.74, 6) is -1.26. The van der Waals surface area contributed by atoms with Gasteiger partial charge in [0, 0.05) is 6.42 Å². The average Bonchev–Trinajstić information content (AvgIpc) is 2.65. The third-order valence-corrected chi connectivity index (χ3v) is 3.77. The molecule has 0 saturated carbocycles. The SMILES string of the molecule is CC(C)(C)OC(=O)CC[C@H](NC(=O)OC(C)(C)C)C(=O)OCc1ccc(CO[N+](=O)[O-])cc1. The number of nitrogens with zero attached hydrogens (tertiary/aromatic N) is 1. The van der Waals surface area contributed by atoms with E-state index in [1.165, 1.54) is 0 Å². The van der Waals surface area contributed by atoms with Gasteiger partial charge in [-0.15, -0.1) is 10.1 Å². The lowest BCUT2D eigenvalue weighted by molar-refractivity contribution is -0.763. The van der Waals surface area contributed by atoms with E-state index in [9.17, 15) is 24.5 Å². The molecule has 1 rings (SSSR count). The van der Waals surface area contributed by atoms with Crippen molar-refractivity contribution in [3.05, 3.63) is 45.5 Å². The molecule has 0 heterocycles. The predicted octanol–water partition coefficient (Wildman–Crippen LogP) is 3.45. The molecule has 0 radical (unpaired) electrons. The molecule has 0 aliphatic carbocycles. The van der Waals surface area contributed by atoms with Gasteiger partial charge in [-0.2, -0.15) is 0 Å². The normalized spacial score (nSPS) is 12.3. The zero-order valence-corrected chi connectivity index (χ0v) is 19.8. The van der Waals surface area contributed by atoms with Crippen LogP contribution < -0.4 is 5.32 Å². The largest absolute Gasteiger partial charge is 0.460 e. The molecule has 0 fully saturated rings. The Morgan fingerprint density at radius 1 is 0.939 bits per heavy atom. The second kappa shape index (κ2) is 12.0. The highest BCUT2D eigenvalue weighted by atomic mass is 16.9. The predicted molar refractivity (Wildman–Crippen MR) is 116 cm³/mol. The Bertz CT molecular complexity index is 824. The second-order valence-electron chi connectivity index (χ2n) is 9.25. The van der Waals surface area contributed by atoms with Crippen LogP contribution >= 0.6 is 0 Å². The minimum Gasteiger partial charge on any atom is -0.460 e. The van der Waals surface area contributed by atoms with E-state index in [1.54, 1.807) is 65.8 Å². The fraction of sp³-hybridized carbons (Fsp3) is 0.591. The molecule has 0 saturated heterocycles. The van der Waals surface area contributed by atoms with Gasteiger partial charge in [0.15, 0.2) is 0 Å². The molecule has 11 nitrogen and oxygen atoms in total. The Labute approximate surface area is 192 Å². The molecule has 33 heavy (non-hydrogen) atoms. The Hall–Kier alpha value is -3.37. The Morgan fingerprint density at radius 3 is 1.94 bits per heavy atom. The van der Waals surface area contributed by atoms with Crippen molar-refractivity contribution in [1.82, 2.24) is 5.32 Å². The Balaban J connectivity index is 2.74. The number of carbonyl (C=O) groups is 3. The lowest BCUT2D eigenvalue weighted by atomic mass is 10.1. The van der Waals surface area contributed by atoms with E-state index in [1.807, 2.05) is 0 Å². The van der Waals surface area contributed by atoms with Crippen molar-refractivity contribution in [3.8, 4) is 0 Å². The van der Waals surface area contributed by atoms with Crippen molar-refractivity contribution in [2.45, 2.75) is 84.8 Å². The van der Waals surface area contributed by atoms with E-state index < -0.39 is 40.4 Å². The third-order valence-electron chi connectivity index (χ3n) is 3.77. The topological polar surface area (TPSA) is 143 Å². The molecule has 1 N–H and O–H groups in total. The van der Waals surface area contributed by atoms with Crippen LogP contribution in [0.2, 0.25) is 0 Å². The number of hydrogen-bond acceptors (Lipinski definition) is 9. The van der Waals surface area contributed by atoms with Crippen LogP contribution in [-0.4, -0.2) is 40.4 Å². The summed E-state index contributed by atoms with van der Waals surface area (Å²) in [5, 5.41) is 11.8. The molecule has 0 aromatic heterocycles. The summed E-state index contributed by atoms with van der Waals surface area (Å²) in [7, 11) is 0. The van der Waals surface area contributed by atoms with Gasteiger partial charge in [-0.3, -0.25) is 4.79 Å². The van der Waals surface area contributed by atoms with Crippen LogP contribution in [0, 0.1) is 10.1 Å². The van der Waals surface area contributed by atoms with E-state index in [0.29, 0.717) is 11.1 Å². The maximum absolute atomic E-state index is 12.6. The van der Waals surface area contributed by atoms with Crippen molar-refractivity contribution in [1.29, 1.82) is 0 Å². The summed E-state index contributed by atoms with van der Waals surface area (Å²) >= 11 is 0. The van der Waals surface area contributed by atoms with Gasteiger partial charge in [0.25, 0.3) is 5.09 Å². The summed E-state index contributed by atoms with van der Waals surface area (Å²) in [6.07, 6.45) is -0.967. The first-order valence-corrected chi connectivity index (χ1v) is 10.4. The standard InChI is InChI=1S/C22H32N2O9/c1-21(2,3)32-18(25)12-11-17(23-20(27)33-22(4,5)6)19(26)30-13-15-7-9-16(10-8-15)14-31-24(28)29/h7-10,17H,11-14H2,1-6H3,(H,23,27)/t17-/m0/s1. The summed E-state index contributed by atoms with van der Waals surface area (Å²) in [4.78, 5) is 51.4. The lowest BCUT2D eigenvalue weighted by Gasteiger charge is -2.23. The van der Waals surface area contributed by atoms with Crippen LogP contribution in [0.15, 0.2) is 24.3 Å². The van der Waals surface area contributed by atoms with Crippen molar-refractivity contribution in [2.75, 3.05) is 0 Å². The molecule has 0 aliphatic heterocycles. The van der Waals surface area contributed by atoms with Crippen LogP contribution in [0.1, 0.15) is 65.5 Å². The van der Waals surface area contributed by atoms with Gasteiger partial charge in [0.2, 0.25) is 0 Å². The number of alkyl carbamates (subject to hydrolysis) is 1. The number of hydrogen-bond donors (Lipinski definition) is 1. The molecule has 1 atom stereocenters. The maximum Gasteiger partial charge on any atom is 0.408 e. The highest BCUT2D eigenvalue weighted by molar-refractivity contribution is 5.82. The van der Waals surface area contributed by atoms with Gasteiger partial charge in [-0.25, -0.2) is 9.59 Å². The van der Waals surface area contributed by atoms with Crippen LogP contribution in [0.25, 0.3) is 0 Å². The Morgan fingerprint density at radius 2 is 1.45 bits per heavy atom. The van der Waals surface area contributed by atoms with Gasteiger partial charge >= 0.3 is 18.0 Å². The summed E-state index contributed by atoms with van der Waals surface area (Å²) in [5.41, 5.74) is -0.257. The number of carbonyl (C=O) groups excluding carboxylic acids is 3. The summed E-state index contributed by atoms with van der Waals surface area (Å²) in [6.45, 7) is 9.93. The van der Waals surface area contributed by atoms with Crippen molar-refractivity contribution < 1.29 is 38.5 Å². The van der Waals surface area contributed by atoms with E-state index in [-0.39, 0.29) is 26.1 Å². The van der Waals surface area contributed by atoms with Gasteiger partial charge in [0.1, 0.15) is 30.5 Å². The smallest absolute Gasteiger partial charge is 0.408 e. The first-order chi connectivity index (χ1) is 15.1. The molecular formula is C22H32N2O9. The number of benzene rings is 1. The fourth-order valence-electron chi connectivity index (χ4n) is 2.47. The Kier molecular flexibility index (Phi) is 10.1. The quantitative estimate of drug-likeness (QED) is 0.236.